The van der Waals surface area contributed by atoms with Crippen LogP contribution in [0.15, 0.2) is 0 Å². The van der Waals surface area contributed by atoms with Crippen LogP contribution in [0.25, 0.3) is 0 Å². The number of carbonyl (C=O) groups is 2. The Hall–Kier alpha value is -1.47. The van der Waals surface area contributed by atoms with E-state index in [9.17, 15) is 9.59 Å². The summed E-state index contributed by atoms with van der Waals surface area (Å²) in [6.45, 7) is 8.94. The van der Waals surface area contributed by atoms with Crippen LogP contribution in [0, 0.1) is 11.3 Å². The molecule has 0 spiro atoms. The lowest BCUT2D eigenvalue weighted by atomic mass is 9.72. The number of nitrogens with one attached hydrogen (secondary N) is 2. The molecule has 162 valence electrons. The SMILES string of the molecule is CCCCCCC(=O)NC(=S)Nc1sc2c(c1C(=O)OC)CCC(C(C)(C)C)C2. The van der Waals surface area contributed by atoms with Crippen molar-refractivity contribution in [3.63, 3.8) is 0 Å². The number of thiocarbonyl (C=S) groups is 1. The molecule has 0 saturated carbocycles. The Kier molecular flexibility index (Phi) is 8.64. The van der Waals surface area contributed by atoms with Crippen molar-refractivity contribution in [2.45, 2.75) is 79.1 Å². The Morgan fingerprint density at radius 3 is 2.59 bits per heavy atom. The van der Waals surface area contributed by atoms with Crippen molar-refractivity contribution in [3.05, 3.63) is 16.0 Å². The zero-order valence-electron chi connectivity index (χ0n) is 18.3. The number of hydrogen-bond acceptors (Lipinski definition) is 5. The number of fused-ring (bicyclic) bond motifs is 1. The van der Waals surface area contributed by atoms with Gasteiger partial charge in [0.25, 0.3) is 0 Å². The number of anilines is 1. The van der Waals surface area contributed by atoms with Crippen LogP contribution < -0.4 is 10.6 Å². The first-order valence-corrected chi connectivity index (χ1v) is 11.7. The maximum Gasteiger partial charge on any atom is 0.341 e. The normalized spacial score (nSPS) is 16.1. The number of unbranched alkanes of at least 4 members (excludes halogenated alkanes) is 3. The summed E-state index contributed by atoms with van der Waals surface area (Å²) < 4.78 is 5.03. The minimum absolute atomic E-state index is 0.0904. The molecule has 5 nitrogen and oxygen atoms in total. The number of amides is 1. The summed E-state index contributed by atoms with van der Waals surface area (Å²) in [4.78, 5) is 25.8. The lowest BCUT2D eigenvalue weighted by Crippen LogP contribution is -2.34. The van der Waals surface area contributed by atoms with Gasteiger partial charge in [-0.15, -0.1) is 11.3 Å². The van der Waals surface area contributed by atoms with Gasteiger partial charge in [-0.25, -0.2) is 4.79 Å². The Labute approximate surface area is 184 Å². The highest BCUT2D eigenvalue weighted by Crippen LogP contribution is 2.44. The highest BCUT2D eigenvalue weighted by molar-refractivity contribution is 7.80. The van der Waals surface area contributed by atoms with E-state index in [1.807, 2.05) is 0 Å². The van der Waals surface area contributed by atoms with Crippen LogP contribution >= 0.6 is 23.6 Å². The fourth-order valence-electron chi connectivity index (χ4n) is 3.77. The van der Waals surface area contributed by atoms with Gasteiger partial charge in [0, 0.05) is 11.3 Å². The molecule has 1 heterocycles. The third kappa shape index (κ3) is 6.51. The van der Waals surface area contributed by atoms with Crippen LogP contribution in [0.3, 0.4) is 0 Å². The maximum atomic E-state index is 12.5. The van der Waals surface area contributed by atoms with Crippen LogP contribution in [0.1, 0.15) is 87.0 Å². The summed E-state index contributed by atoms with van der Waals surface area (Å²) in [6.07, 6.45) is 7.49. The molecular formula is C22H34N2O3S2. The summed E-state index contributed by atoms with van der Waals surface area (Å²) in [5.41, 5.74) is 1.86. The average molecular weight is 439 g/mol. The molecule has 0 bridgehead atoms. The summed E-state index contributed by atoms with van der Waals surface area (Å²) in [5.74, 6) is 0.127. The van der Waals surface area contributed by atoms with Crippen molar-refractivity contribution >= 4 is 45.5 Å². The predicted molar refractivity (Wildman–Crippen MR) is 124 cm³/mol. The maximum absolute atomic E-state index is 12.5. The van der Waals surface area contributed by atoms with Gasteiger partial charge in [0.15, 0.2) is 5.11 Å². The molecule has 1 aliphatic carbocycles. The van der Waals surface area contributed by atoms with Gasteiger partial charge >= 0.3 is 5.97 Å². The number of hydrogen-bond donors (Lipinski definition) is 2. The topological polar surface area (TPSA) is 67.4 Å². The van der Waals surface area contributed by atoms with Gasteiger partial charge in [-0.05, 0) is 54.8 Å². The molecule has 2 N–H and O–H groups in total. The molecule has 2 rings (SSSR count). The zero-order chi connectivity index (χ0) is 21.6. The fourth-order valence-corrected chi connectivity index (χ4v) is 5.37. The molecule has 1 aromatic heterocycles. The number of carbonyl (C=O) groups excluding carboxylic acids is 2. The molecule has 1 atom stereocenters. The molecule has 0 fully saturated rings. The minimum Gasteiger partial charge on any atom is -0.465 e. The first-order chi connectivity index (χ1) is 13.7. The Morgan fingerprint density at radius 1 is 1.24 bits per heavy atom. The first kappa shape index (κ1) is 23.8. The number of methoxy groups -OCH3 is 1. The minimum atomic E-state index is -0.354. The number of ether oxygens (including phenoxy) is 1. The Bertz CT molecular complexity index is 750. The quantitative estimate of drug-likeness (QED) is 0.336. The van der Waals surface area contributed by atoms with Crippen LogP contribution in [0.5, 0.6) is 0 Å². The fraction of sp³-hybridized carbons (Fsp3) is 0.682. The average Bonchev–Trinajstić information content (AvgIpc) is 3.00. The van der Waals surface area contributed by atoms with E-state index in [4.69, 9.17) is 17.0 Å². The number of esters is 1. The van der Waals surface area contributed by atoms with Gasteiger partial charge in [0.05, 0.1) is 12.7 Å². The van der Waals surface area contributed by atoms with E-state index in [0.29, 0.717) is 22.9 Å². The first-order valence-electron chi connectivity index (χ1n) is 10.5. The van der Waals surface area contributed by atoms with Crippen LogP contribution in [0.4, 0.5) is 5.00 Å². The van der Waals surface area contributed by atoms with Crippen molar-refractivity contribution in [1.29, 1.82) is 0 Å². The lowest BCUT2D eigenvalue weighted by Gasteiger charge is -2.33. The molecule has 1 amide bonds. The van der Waals surface area contributed by atoms with Crippen LogP contribution in [0.2, 0.25) is 0 Å². The van der Waals surface area contributed by atoms with E-state index in [1.54, 1.807) is 11.3 Å². The van der Waals surface area contributed by atoms with Crippen molar-refractivity contribution in [2.75, 3.05) is 12.4 Å². The zero-order valence-corrected chi connectivity index (χ0v) is 19.9. The smallest absolute Gasteiger partial charge is 0.341 e. The van der Waals surface area contributed by atoms with Crippen molar-refractivity contribution in [3.8, 4) is 0 Å². The molecule has 0 radical (unpaired) electrons. The number of thiophene rings is 1. The monoisotopic (exact) mass is 438 g/mol. The summed E-state index contributed by atoms with van der Waals surface area (Å²) in [7, 11) is 1.40. The standard InChI is InChI=1S/C22H34N2O3S2/c1-6-7-8-9-10-17(25)23-21(28)24-19-18(20(26)27-5)15-12-11-14(22(2,3)4)13-16(15)29-19/h14H,6-13H2,1-5H3,(H2,23,24,25,28). The van der Waals surface area contributed by atoms with Crippen LogP contribution in [-0.4, -0.2) is 24.1 Å². The van der Waals surface area contributed by atoms with Crippen LogP contribution in [-0.2, 0) is 22.4 Å². The summed E-state index contributed by atoms with van der Waals surface area (Å²) in [5, 5.41) is 6.74. The molecule has 0 saturated heterocycles. The van der Waals surface area contributed by atoms with E-state index in [2.05, 4.69) is 38.3 Å². The second-order valence-corrected chi connectivity index (χ2v) is 10.3. The molecule has 29 heavy (non-hydrogen) atoms. The van der Waals surface area contributed by atoms with E-state index in [-0.39, 0.29) is 22.4 Å². The molecule has 0 aliphatic heterocycles. The van der Waals surface area contributed by atoms with E-state index in [0.717, 1.165) is 50.5 Å². The third-order valence-corrected chi connectivity index (χ3v) is 6.99. The van der Waals surface area contributed by atoms with Gasteiger partial charge in [-0.1, -0.05) is 47.0 Å². The van der Waals surface area contributed by atoms with Crippen molar-refractivity contribution < 1.29 is 14.3 Å². The molecule has 7 heteroatoms. The molecule has 1 aromatic rings. The van der Waals surface area contributed by atoms with Gasteiger partial charge in [-0.3, -0.25) is 4.79 Å². The largest absolute Gasteiger partial charge is 0.465 e. The summed E-state index contributed by atoms with van der Waals surface area (Å²) in [6, 6.07) is 0. The van der Waals surface area contributed by atoms with Gasteiger partial charge in [0.1, 0.15) is 5.00 Å². The third-order valence-electron chi connectivity index (χ3n) is 5.62. The second kappa shape index (κ2) is 10.5. The van der Waals surface area contributed by atoms with Gasteiger partial charge < -0.3 is 15.4 Å². The molecular weight excluding hydrogens is 404 g/mol. The lowest BCUT2D eigenvalue weighted by molar-refractivity contribution is -0.119. The highest BCUT2D eigenvalue weighted by Gasteiger charge is 2.34. The summed E-state index contributed by atoms with van der Waals surface area (Å²) >= 11 is 6.89. The van der Waals surface area contributed by atoms with Crippen molar-refractivity contribution in [1.82, 2.24) is 5.32 Å². The molecule has 1 aliphatic rings. The van der Waals surface area contributed by atoms with E-state index < -0.39 is 0 Å². The highest BCUT2D eigenvalue weighted by atomic mass is 32.1. The second-order valence-electron chi connectivity index (χ2n) is 8.82. The number of rotatable bonds is 7. The molecule has 0 aromatic carbocycles. The predicted octanol–water partition coefficient (Wildman–Crippen LogP) is 5.47. The Balaban J connectivity index is 2.10. The van der Waals surface area contributed by atoms with E-state index >= 15 is 0 Å². The Morgan fingerprint density at radius 2 is 1.97 bits per heavy atom. The van der Waals surface area contributed by atoms with Crippen molar-refractivity contribution in [2.24, 2.45) is 11.3 Å². The van der Waals surface area contributed by atoms with Gasteiger partial charge in [-0.2, -0.15) is 0 Å². The molecule has 1 unspecified atom stereocenters. The van der Waals surface area contributed by atoms with E-state index in [1.165, 1.54) is 12.0 Å². The van der Waals surface area contributed by atoms with Gasteiger partial charge in [0.2, 0.25) is 5.91 Å².